The van der Waals surface area contributed by atoms with E-state index in [0.717, 1.165) is 11.1 Å². The molecule has 190 valence electrons. The summed E-state index contributed by atoms with van der Waals surface area (Å²) in [6.45, 7) is 3.77. The Hall–Kier alpha value is -3.83. The van der Waals surface area contributed by atoms with Crippen molar-refractivity contribution >= 4 is 23.7 Å². The lowest BCUT2D eigenvalue weighted by Crippen LogP contribution is -2.32. The van der Waals surface area contributed by atoms with E-state index in [1.165, 1.54) is 22.9 Å². The Labute approximate surface area is 217 Å². The molecule has 2 aromatic rings. The number of esters is 2. The van der Waals surface area contributed by atoms with Gasteiger partial charge in [0.2, 0.25) is 5.82 Å². The number of hydrogen-bond donors (Lipinski definition) is 0. The summed E-state index contributed by atoms with van der Waals surface area (Å²) < 4.78 is 17.5. The van der Waals surface area contributed by atoms with E-state index in [-0.39, 0.29) is 13.0 Å². The smallest absolute Gasteiger partial charge is 0.338 e. The highest BCUT2D eigenvalue weighted by Crippen LogP contribution is 2.33. The summed E-state index contributed by atoms with van der Waals surface area (Å²) in [7, 11) is 0. The molecule has 0 spiro atoms. The molecule has 0 saturated carbocycles. The van der Waals surface area contributed by atoms with Crippen molar-refractivity contribution in [1.29, 1.82) is 0 Å². The van der Waals surface area contributed by atoms with Crippen LogP contribution in [0.4, 0.5) is 0 Å². The molecule has 3 atom stereocenters. The molecule has 0 radical (unpaired) electrons. The lowest BCUT2D eigenvalue weighted by molar-refractivity contribution is -0.0647. The molecule has 0 amide bonds. The highest BCUT2D eigenvalue weighted by atomic mass is 32.2. The van der Waals surface area contributed by atoms with Gasteiger partial charge >= 0.3 is 11.9 Å². The maximum atomic E-state index is 12.9. The van der Waals surface area contributed by atoms with Gasteiger partial charge < -0.3 is 14.2 Å². The Morgan fingerprint density at radius 3 is 2.27 bits per heavy atom. The first kappa shape index (κ1) is 24.8. The average Bonchev–Trinajstić information content (AvgIpc) is 3.54. The van der Waals surface area contributed by atoms with Crippen LogP contribution in [0.2, 0.25) is 0 Å². The highest BCUT2D eigenvalue weighted by molar-refractivity contribution is 7.98. The Bertz CT molecular complexity index is 1380. The monoisotopic (exact) mass is 519 g/mol. The van der Waals surface area contributed by atoms with Gasteiger partial charge in [-0.15, -0.1) is 22.0 Å². The SMILES string of the molecule is CSc1nn([C@H]2C[C@H](OC(=O)c3ccc(C)cc3)[C@@H](COC(=O)c3ccc(C)cc3)O2)nc2ncnc1-2. The molecule has 0 N–H and O–H groups in total. The van der Waals surface area contributed by atoms with Crippen LogP contribution in [-0.2, 0) is 14.2 Å². The maximum Gasteiger partial charge on any atom is 0.338 e. The molecular weight excluding hydrogens is 494 g/mol. The quantitative estimate of drug-likeness (QED) is 0.263. The van der Waals surface area contributed by atoms with Gasteiger partial charge in [-0.2, -0.15) is 4.80 Å². The first-order valence-electron chi connectivity index (χ1n) is 11.7. The molecule has 37 heavy (non-hydrogen) atoms. The zero-order valence-corrected chi connectivity index (χ0v) is 21.3. The molecule has 3 aliphatic rings. The summed E-state index contributed by atoms with van der Waals surface area (Å²) in [5.74, 6) is -0.541. The minimum atomic E-state index is -0.718. The van der Waals surface area contributed by atoms with E-state index in [0.29, 0.717) is 27.7 Å². The molecule has 10 nitrogen and oxygen atoms in total. The van der Waals surface area contributed by atoms with E-state index in [4.69, 9.17) is 14.2 Å². The van der Waals surface area contributed by atoms with Crippen LogP contribution in [0.1, 0.15) is 44.5 Å². The Kier molecular flexibility index (Phi) is 7.15. The summed E-state index contributed by atoms with van der Waals surface area (Å²) in [6, 6.07) is 14.2. The van der Waals surface area contributed by atoms with Gasteiger partial charge in [0.15, 0.2) is 6.23 Å². The molecule has 0 unspecified atom stereocenters. The van der Waals surface area contributed by atoms with E-state index in [1.54, 1.807) is 24.3 Å². The molecule has 3 heterocycles. The second kappa shape index (κ2) is 10.7. The molecular formula is C26H25N5O5S. The molecule has 1 fully saturated rings. The number of aryl methyl sites for hydroxylation is 2. The van der Waals surface area contributed by atoms with Crippen molar-refractivity contribution in [1.82, 2.24) is 25.0 Å². The lowest BCUT2D eigenvalue weighted by Gasteiger charge is -2.19. The third-order valence-electron chi connectivity index (χ3n) is 6.01. The average molecular weight is 520 g/mol. The van der Waals surface area contributed by atoms with Crippen LogP contribution in [0.3, 0.4) is 0 Å². The number of aromatic nitrogens is 5. The third kappa shape index (κ3) is 5.47. The van der Waals surface area contributed by atoms with E-state index >= 15 is 0 Å². The molecule has 2 aromatic carbocycles. The largest absolute Gasteiger partial charge is 0.459 e. The fraction of sp³-hybridized carbons (Fsp3) is 0.308. The Morgan fingerprint density at radius 1 is 0.973 bits per heavy atom. The van der Waals surface area contributed by atoms with Gasteiger partial charge in [0.05, 0.1) is 11.1 Å². The minimum Gasteiger partial charge on any atom is -0.459 e. The number of rotatable bonds is 7. The summed E-state index contributed by atoms with van der Waals surface area (Å²) in [6.07, 6.45) is 1.51. The number of ether oxygens (including phenoxy) is 3. The van der Waals surface area contributed by atoms with Crippen LogP contribution in [0.5, 0.6) is 0 Å². The first-order valence-corrected chi connectivity index (χ1v) is 12.9. The topological polar surface area (TPSA) is 118 Å². The van der Waals surface area contributed by atoms with E-state index in [1.807, 2.05) is 44.4 Å². The van der Waals surface area contributed by atoms with Gasteiger partial charge in [0, 0.05) is 6.42 Å². The lowest BCUT2D eigenvalue weighted by atomic mass is 10.1. The molecule has 11 heteroatoms. The predicted molar refractivity (Wildman–Crippen MR) is 134 cm³/mol. The van der Waals surface area contributed by atoms with Crippen molar-refractivity contribution in [3.63, 3.8) is 0 Å². The second-order valence-corrected chi connectivity index (χ2v) is 9.51. The van der Waals surface area contributed by atoms with Gasteiger partial charge in [-0.3, -0.25) is 0 Å². The Morgan fingerprint density at radius 2 is 1.62 bits per heavy atom. The van der Waals surface area contributed by atoms with Gasteiger partial charge in [-0.25, -0.2) is 19.6 Å². The van der Waals surface area contributed by atoms with Crippen LogP contribution in [0.25, 0.3) is 11.5 Å². The molecule has 0 bridgehead atoms. The van der Waals surface area contributed by atoms with Gasteiger partial charge in [-0.05, 0) is 44.4 Å². The minimum absolute atomic E-state index is 0.108. The van der Waals surface area contributed by atoms with Crippen LogP contribution in [0.15, 0.2) is 59.9 Å². The summed E-state index contributed by atoms with van der Waals surface area (Å²) >= 11 is 1.41. The van der Waals surface area contributed by atoms with Crippen molar-refractivity contribution in [2.24, 2.45) is 0 Å². The number of hydrogen-bond acceptors (Lipinski definition) is 10. The van der Waals surface area contributed by atoms with E-state index < -0.39 is 30.4 Å². The van der Waals surface area contributed by atoms with Crippen LogP contribution in [0, 0.1) is 13.8 Å². The summed E-state index contributed by atoms with van der Waals surface area (Å²) in [4.78, 5) is 35.3. The first-order chi connectivity index (χ1) is 17.9. The number of carbonyl (C=O) groups excluding carboxylic acids is 2. The van der Waals surface area contributed by atoms with Crippen LogP contribution >= 0.6 is 11.8 Å². The number of imidazole rings is 1. The van der Waals surface area contributed by atoms with E-state index in [2.05, 4.69) is 20.2 Å². The number of fused-ring (bicyclic) bond motifs is 1. The van der Waals surface area contributed by atoms with Crippen molar-refractivity contribution in [2.75, 3.05) is 12.9 Å². The van der Waals surface area contributed by atoms with Crippen molar-refractivity contribution in [3.05, 3.63) is 77.1 Å². The summed E-state index contributed by atoms with van der Waals surface area (Å²) in [5, 5.41) is 9.62. The fourth-order valence-electron chi connectivity index (χ4n) is 3.95. The second-order valence-electron chi connectivity index (χ2n) is 8.71. The van der Waals surface area contributed by atoms with Crippen LogP contribution in [-0.4, -0.2) is 62.0 Å². The molecule has 0 aromatic heterocycles. The standard InChI is InChI=1S/C26H25N5O5S/c1-15-4-8-17(9-5-15)25(32)34-13-20-19(36-26(33)18-10-6-16(2)7-11-18)12-21(35-20)31-29-23-22(27-14-28-23)24(30-31)37-3/h4-11,14,19-21H,12-13H2,1-3H3/t19-,20+,21+/m0/s1. The van der Waals surface area contributed by atoms with Crippen molar-refractivity contribution < 1.29 is 23.8 Å². The number of nitrogens with zero attached hydrogens (tertiary/aromatic N) is 5. The zero-order valence-electron chi connectivity index (χ0n) is 20.5. The van der Waals surface area contributed by atoms with Gasteiger partial charge in [0.1, 0.15) is 35.9 Å². The van der Waals surface area contributed by atoms with Crippen molar-refractivity contribution in [2.45, 2.75) is 43.7 Å². The fourth-order valence-corrected chi connectivity index (χ4v) is 4.45. The molecule has 3 aliphatic heterocycles. The Balaban J connectivity index is 1.36. The van der Waals surface area contributed by atoms with Gasteiger partial charge in [-0.1, -0.05) is 35.4 Å². The number of carbonyl (C=O) groups is 2. The summed E-state index contributed by atoms with van der Waals surface area (Å²) in [5.41, 5.74) is 3.52. The van der Waals surface area contributed by atoms with Crippen LogP contribution < -0.4 is 0 Å². The predicted octanol–water partition coefficient (Wildman–Crippen LogP) is 3.88. The maximum absolute atomic E-state index is 12.9. The highest BCUT2D eigenvalue weighted by Gasteiger charge is 2.41. The van der Waals surface area contributed by atoms with E-state index in [9.17, 15) is 9.59 Å². The zero-order chi connectivity index (χ0) is 25.9. The number of benzene rings is 2. The molecule has 0 aliphatic carbocycles. The molecule has 5 rings (SSSR count). The molecule has 1 saturated heterocycles. The van der Waals surface area contributed by atoms with Crippen molar-refractivity contribution in [3.8, 4) is 11.5 Å². The number of thioether (sulfide) groups is 1. The normalized spacial score (nSPS) is 19.2. The third-order valence-corrected chi connectivity index (χ3v) is 6.68. The van der Waals surface area contributed by atoms with Gasteiger partial charge in [0.25, 0.3) is 0 Å².